The van der Waals surface area contributed by atoms with Gasteiger partial charge in [-0.3, -0.25) is 0 Å². The zero-order valence-corrected chi connectivity index (χ0v) is 9.34. The number of nitrogens with one attached hydrogen (secondary N) is 1. The van der Waals surface area contributed by atoms with E-state index < -0.39 is 0 Å². The Morgan fingerprint density at radius 2 is 2.08 bits per heavy atom. The molecule has 2 nitrogen and oxygen atoms in total. The molecule has 0 aromatic heterocycles. The Morgan fingerprint density at radius 1 is 1.38 bits per heavy atom. The van der Waals surface area contributed by atoms with Gasteiger partial charge in [-0.2, -0.15) is 0 Å². The van der Waals surface area contributed by atoms with Crippen molar-refractivity contribution in [3.05, 3.63) is 0 Å². The van der Waals surface area contributed by atoms with Crippen LogP contribution in [-0.2, 0) is 0 Å². The molecule has 78 valence electrons. The lowest BCUT2D eigenvalue weighted by Gasteiger charge is -2.16. The third-order valence-corrected chi connectivity index (χ3v) is 3.06. The summed E-state index contributed by atoms with van der Waals surface area (Å²) < 4.78 is 0. The summed E-state index contributed by atoms with van der Waals surface area (Å²) in [7, 11) is 4.31. The van der Waals surface area contributed by atoms with Crippen molar-refractivity contribution in [1.29, 1.82) is 0 Å². The van der Waals surface area contributed by atoms with Crippen LogP contribution in [0.5, 0.6) is 0 Å². The van der Waals surface area contributed by atoms with Gasteiger partial charge in [0.05, 0.1) is 0 Å². The number of unbranched alkanes of at least 4 members (excludes halogenated alkanes) is 1. The molecule has 1 aliphatic carbocycles. The standard InChI is InChI=1S/C11H24N2/c1-10(12-2)6-4-5-9-13(3)11-7-8-11/h10-12H,4-9H2,1-3H3. The minimum atomic E-state index is 0.686. The molecule has 0 spiro atoms. The fourth-order valence-corrected chi connectivity index (χ4v) is 1.65. The molecular formula is C11H24N2. The van der Waals surface area contributed by atoms with Crippen LogP contribution in [0.3, 0.4) is 0 Å². The highest BCUT2D eigenvalue weighted by molar-refractivity contribution is 4.82. The molecule has 13 heavy (non-hydrogen) atoms. The Bertz CT molecular complexity index is 132. The average molecular weight is 184 g/mol. The highest BCUT2D eigenvalue weighted by Crippen LogP contribution is 2.25. The topological polar surface area (TPSA) is 15.3 Å². The predicted molar refractivity (Wildman–Crippen MR) is 58.0 cm³/mol. The molecule has 0 saturated heterocycles. The van der Waals surface area contributed by atoms with Crippen LogP contribution in [0.15, 0.2) is 0 Å². The highest BCUT2D eigenvalue weighted by Gasteiger charge is 2.25. The zero-order chi connectivity index (χ0) is 9.68. The van der Waals surface area contributed by atoms with Crippen molar-refractivity contribution < 1.29 is 0 Å². The van der Waals surface area contributed by atoms with Gasteiger partial charge >= 0.3 is 0 Å². The fourth-order valence-electron chi connectivity index (χ4n) is 1.65. The molecule has 0 aliphatic heterocycles. The summed E-state index contributed by atoms with van der Waals surface area (Å²) in [6, 6.07) is 1.62. The molecule has 0 radical (unpaired) electrons. The lowest BCUT2D eigenvalue weighted by Crippen LogP contribution is -2.23. The first-order chi connectivity index (χ1) is 6.24. The van der Waals surface area contributed by atoms with Gasteiger partial charge in [-0.05, 0) is 53.2 Å². The van der Waals surface area contributed by atoms with E-state index in [-0.39, 0.29) is 0 Å². The van der Waals surface area contributed by atoms with Gasteiger partial charge in [0.15, 0.2) is 0 Å². The van der Waals surface area contributed by atoms with Crippen LogP contribution >= 0.6 is 0 Å². The first-order valence-electron chi connectivity index (χ1n) is 5.61. The van der Waals surface area contributed by atoms with E-state index in [0.717, 1.165) is 6.04 Å². The van der Waals surface area contributed by atoms with E-state index in [1.165, 1.54) is 38.6 Å². The van der Waals surface area contributed by atoms with E-state index in [9.17, 15) is 0 Å². The van der Waals surface area contributed by atoms with Crippen molar-refractivity contribution >= 4 is 0 Å². The van der Waals surface area contributed by atoms with Crippen molar-refractivity contribution in [3.8, 4) is 0 Å². The monoisotopic (exact) mass is 184 g/mol. The van der Waals surface area contributed by atoms with Crippen molar-refractivity contribution in [2.24, 2.45) is 0 Å². The molecule has 0 aromatic rings. The van der Waals surface area contributed by atoms with Crippen LogP contribution in [0, 0.1) is 0 Å². The largest absolute Gasteiger partial charge is 0.317 e. The summed E-state index contributed by atoms with van der Waals surface area (Å²) in [6.45, 7) is 3.55. The maximum Gasteiger partial charge on any atom is 0.00933 e. The molecule has 1 atom stereocenters. The molecule has 0 bridgehead atoms. The Hall–Kier alpha value is -0.0800. The lowest BCUT2D eigenvalue weighted by molar-refractivity contribution is 0.312. The van der Waals surface area contributed by atoms with Crippen LogP contribution < -0.4 is 5.32 Å². The fraction of sp³-hybridized carbons (Fsp3) is 1.00. The summed E-state index contributed by atoms with van der Waals surface area (Å²) in [5.41, 5.74) is 0. The van der Waals surface area contributed by atoms with Crippen molar-refractivity contribution in [2.75, 3.05) is 20.6 Å². The number of hydrogen-bond acceptors (Lipinski definition) is 2. The second-order valence-electron chi connectivity index (χ2n) is 4.40. The van der Waals surface area contributed by atoms with Gasteiger partial charge in [0.25, 0.3) is 0 Å². The minimum absolute atomic E-state index is 0.686. The number of hydrogen-bond donors (Lipinski definition) is 1. The Morgan fingerprint density at radius 3 is 2.62 bits per heavy atom. The molecular weight excluding hydrogens is 160 g/mol. The minimum Gasteiger partial charge on any atom is -0.317 e. The highest BCUT2D eigenvalue weighted by atomic mass is 15.1. The van der Waals surface area contributed by atoms with E-state index in [1.54, 1.807) is 0 Å². The first kappa shape index (κ1) is 11.0. The number of rotatable bonds is 7. The molecule has 0 heterocycles. The maximum absolute atomic E-state index is 3.27. The average Bonchev–Trinajstić information content (AvgIpc) is 2.94. The number of nitrogens with zero attached hydrogens (tertiary/aromatic N) is 1. The van der Waals surface area contributed by atoms with Gasteiger partial charge in [-0.25, -0.2) is 0 Å². The van der Waals surface area contributed by atoms with Crippen LogP contribution in [0.25, 0.3) is 0 Å². The van der Waals surface area contributed by atoms with Crippen LogP contribution in [0.2, 0.25) is 0 Å². The quantitative estimate of drug-likeness (QED) is 0.608. The molecule has 1 fully saturated rings. The van der Waals surface area contributed by atoms with E-state index >= 15 is 0 Å². The molecule has 1 rings (SSSR count). The van der Waals surface area contributed by atoms with Gasteiger partial charge < -0.3 is 10.2 Å². The van der Waals surface area contributed by atoms with Gasteiger partial charge in [0.1, 0.15) is 0 Å². The third-order valence-electron chi connectivity index (χ3n) is 3.06. The summed E-state index contributed by atoms with van der Waals surface area (Å²) in [5, 5.41) is 3.27. The molecule has 1 aliphatic rings. The van der Waals surface area contributed by atoms with Gasteiger partial charge in [0, 0.05) is 12.1 Å². The molecule has 1 N–H and O–H groups in total. The Balaban J connectivity index is 1.88. The van der Waals surface area contributed by atoms with Gasteiger partial charge in [0.2, 0.25) is 0 Å². The molecule has 1 saturated carbocycles. The van der Waals surface area contributed by atoms with Gasteiger partial charge in [-0.1, -0.05) is 6.42 Å². The summed E-state index contributed by atoms with van der Waals surface area (Å²) in [6.07, 6.45) is 6.90. The summed E-state index contributed by atoms with van der Waals surface area (Å²) in [5.74, 6) is 0. The predicted octanol–water partition coefficient (Wildman–Crippen LogP) is 1.86. The van der Waals surface area contributed by atoms with Crippen LogP contribution in [0.4, 0.5) is 0 Å². The van der Waals surface area contributed by atoms with E-state index in [2.05, 4.69) is 24.2 Å². The molecule has 0 aromatic carbocycles. The Kier molecular flexibility index (Phi) is 4.74. The van der Waals surface area contributed by atoms with Crippen LogP contribution in [-0.4, -0.2) is 37.6 Å². The summed E-state index contributed by atoms with van der Waals surface area (Å²) >= 11 is 0. The zero-order valence-electron chi connectivity index (χ0n) is 9.34. The van der Waals surface area contributed by atoms with E-state index in [0.29, 0.717) is 6.04 Å². The van der Waals surface area contributed by atoms with E-state index in [1.807, 2.05) is 7.05 Å². The normalized spacial score (nSPS) is 19.4. The maximum atomic E-state index is 3.27. The summed E-state index contributed by atoms with van der Waals surface area (Å²) in [4.78, 5) is 2.52. The smallest absolute Gasteiger partial charge is 0.00933 e. The Labute approximate surface area is 82.7 Å². The van der Waals surface area contributed by atoms with Crippen molar-refractivity contribution in [2.45, 2.75) is 51.1 Å². The first-order valence-corrected chi connectivity index (χ1v) is 5.61. The molecule has 1 unspecified atom stereocenters. The van der Waals surface area contributed by atoms with Crippen molar-refractivity contribution in [1.82, 2.24) is 10.2 Å². The molecule has 0 amide bonds. The van der Waals surface area contributed by atoms with Crippen molar-refractivity contribution in [3.63, 3.8) is 0 Å². The molecule has 2 heteroatoms. The lowest BCUT2D eigenvalue weighted by atomic mass is 10.1. The van der Waals surface area contributed by atoms with Gasteiger partial charge in [-0.15, -0.1) is 0 Å². The van der Waals surface area contributed by atoms with E-state index in [4.69, 9.17) is 0 Å². The second-order valence-corrected chi connectivity index (χ2v) is 4.40. The second kappa shape index (κ2) is 5.61. The SMILES string of the molecule is CNC(C)CCCCN(C)C1CC1. The third kappa shape index (κ3) is 4.63. The van der Waals surface area contributed by atoms with Crippen LogP contribution in [0.1, 0.15) is 39.0 Å².